The van der Waals surface area contributed by atoms with Gasteiger partial charge in [-0.2, -0.15) is 5.10 Å². The van der Waals surface area contributed by atoms with Crippen LogP contribution in [0.15, 0.2) is 12.4 Å². The molecule has 1 aromatic rings. The largest absolute Gasteiger partial charge is 0.314 e. The molecule has 1 aliphatic heterocycles. The molecule has 1 N–H and O–H groups in total. The number of nitrogens with zero attached hydrogens (tertiary/aromatic N) is 3. The minimum absolute atomic E-state index is 0.631. The monoisotopic (exact) mass is 250 g/mol. The van der Waals surface area contributed by atoms with Gasteiger partial charge in [0.25, 0.3) is 0 Å². The van der Waals surface area contributed by atoms with Crippen molar-refractivity contribution < 1.29 is 0 Å². The Hall–Kier alpha value is -0.870. The molecule has 18 heavy (non-hydrogen) atoms. The zero-order valence-electron chi connectivity index (χ0n) is 11.9. The van der Waals surface area contributed by atoms with E-state index in [4.69, 9.17) is 0 Å². The van der Waals surface area contributed by atoms with Crippen LogP contribution in [0.5, 0.6) is 0 Å². The van der Waals surface area contributed by atoms with E-state index in [2.05, 4.69) is 35.4 Å². The molecule has 0 radical (unpaired) electrons. The first-order valence-corrected chi connectivity index (χ1v) is 7.12. The summed E-state index contributed by atoms with van der Waals surface area (Å²) in [7, 11) is 1.98. The molecule has 4 nitrogen and oxygen atoms in total. The lowest BCUT2D eigenvalue weighted by atomic mass is 9.91. The SMILES string of the molecule is CCNC(C)C1CCCN(Cc2cnn(C)c2)C1. The van der Waals surface area contributed by atoms with Gasteiger partial charge in [-0.1, -0.05) is 6.92 Å². The molecule has 0 aliphatic carbocycles. The maximum Gasteiger partial charge on any atom is 0.0534 e. The molecule has 0 spiro atoms. The third-order valence-electron chi connectivity index (χ3n) is 3.94. The van der Waals surface area contributed by atoms with Crippen molar-refractivity contribution in [3.8, 4) is 0 Å². The van der Waals surface area contributed by atoms with Crippen molar-refractivity contribution in [2.24, 2.45) is 13.0 Å². The second-order valence-electron chi connectivity index (χ2n) is 5.51. The van der Waals surface area contributed by atoms with Gasteiger partial charge in [0.05, 0.1) is 6.20 Å². The molecular formula is C14H26N4. The first kappa shape index (κ1) is 13.6. The maximum atomic E-state index is 4.24. The molecule has 0 aromatic carbocycles. The van der Waals surface area contributed by atoms with E-state index >= 15 is 0 Å². The van der Waals surface area contributed by atoms with Crippen LogP contribution in [0.2, 0.25) is 0 Å². The summed E-state index contributed by atoms with van der Waals surface area (Å²) in [5.41, 5.74) is 1.33. The Morgan fingerprint density at radius 2 is 2.39 bits per heavy atom. The number of aryl methyl sites for hydroxylation is 1. The number of piperidine rings is 1. The average Bonchev–Trinajstić information content (AvgIpc) is 2.75. The van der Waals surface area contributed by atoms with Gasteiger partial charge in [0.2, 0.25) is 0 Å². The summed E-state index contributed by atoms with van der Waals surface area (Å²) < 4.78 is 1.89. The van der Waals surface area contributed by atoms with Gasteiger partial charge < -0.3 is 5.32 Å². The minimum atomic E-state index is 0.631. The Balaban J connectivity index is 1.86. The van der Waals surface area contributed by atoms with E-state index in [-0.39, 0.29) is 0 Å². The number of hydrogen-bond acceptors (Lipinski definition) is 3. The molecule has 1 aromatic heterocycles. The van der Waals surface area contributed by atoms with Crippen molar-refractivity contribution in [1.82, 2.24) is 20.0 Å². The highest BCUT2D eigenvalue weighted by Gasteiger charge is 2.24. The van der Waals surface area contributed by atoms with Crippen LogP contribution in [-0.4, -0.2) is 40.4 Å². The van der Waals surface area contributed by atoms with Gasteiger partial charge >= 0.3 is 0 Å². The first-order valence-electron chi connectivity index (χ1n) is 7.12. The summed E-state index contributed by atoms with van der Waals surface area (Å²) in [6.45, 7) is 9.06. The number of nitrogens with one attached hydrogen (secondary N) is 1. The van der Waals surface area contributed by atoms with Crippen LogP contribution in [0.3, 0.4) is 0 Å². The molecule has 0 amide bonds. The molecule has 2 atom stereocenters. The fourth-order valence-electron chi connectivity index (χ4n) is 2.94. The van der Waals surface area contributed by atoms with Crippen molar-refractivity contribution in [1.29, 1.82) is 0 Å². The Labute approximate surface area is 110 Å². The Morgan fingerprint density at radius 3 is 3.06 bits per heavy atom. The second kappa shape index (κ2) is 6.34. The second-order valence-corrected chi connectivity index (χ2v) is 5.51. The van der Waals surface area contributed by atoms with Gasteiger partial charge in [0.15, 0.2) is 0 Å². The summed E-state index contributed by atoms with van der Waals surface area (Å²) in [4.78, 5) is 2.57. The van der Waals surface area contributed by atoms with Crippen LogP contribution < -0.4 is 5.32 Å². The number of hydrogen-bond donors (Lipinski definition) is 1. The van der Waals surface area contributed by atoms with E-state index in [1.54, 1.807) is 0 Å². The first-order chi connectivity index (χ1) is 8.69. The molecule has 102 valence electrons. The van der Waals surface area contributed by atoms with Crippen molar-refractivity contribution in [2.75, 3.05) is 19.6 Å². The highest BCUT2D eigenvalue weighted by Crippen LogP contribution is 2.21. The molecule has 2 rings (SSSR count). The van der Waals surface area contributed by atoms with Crippen molar-refractivity contribution in [3.63, 3.8) is 0 Å². The lowest BCUT2D eigenvalue weighted by Crippen LogP contribution is -2.44. The van der Waals surface area contributed by atoms with Crippen LogP contribution in [0, 0.1) is 5.92 Å². The van der Waals surface area contributed by atoms with Crippen molar-refractivity contribution in [2.45, 2.75) is 39.3 Å². The molecule has 0 bridgehead atoms. The highest BCUT2D eigenvalue weighted by atomic mass is 15.2. The van der Waals surface area contributed by atoms with Crippen LogP contribution in [0.4, 0.5) is 0 Å². The smallest absolute Gasteiger partial charge is 0.0534 e. The molecule has 2 heterocycles. The minimum Gasteiger partial charge on any atom is -0.314 e. The van der Waals surface area contributed by atoms with Gasteiger partial charge in [0.1, 0.15) is 0 Å². The summed E-state index contributed by atoms with van der Waals surface area (Å²) in [5.74, 6) is 0.787. The Bertz CT molecular complexity index is 360. The fraction of sp³-hybridized carbons (Fsp3) is 0.786. The topological polar surface area (TPSA) is 33.1 Å². The van der Waals surface area contributed by atoms with E-state index in [9.17, 15) is 0 Å². The van der Waals surface area contributed by atoms with Crippen LogP contribution in [0.25, 0.3) is 0 Å². The van der Waals surface area contributed by atoms with Crippen LogP contribution in [0.1, 0.15) is 32.3 Å². The molecular weight excluding hydrogens is 224 g/mol. The van der Waals surface area contributed by atoms with Gasteiger partial charge in [0, 0.05) is 37.9 Å². The third-order valence-corrected chi connectivity index (χ3v) is 3.94. The van der Waals surface area contributed by atoms with Crippen molar-refractivity contribution >= 4 is 0 Å². The van der Waals surface area contributed by atoms with E-state index < -0.39 is 0 Å². The number of aromatic nitrogens is 2. The molecule has 1 saturated heterocycles. The maximum absolute atomic E-state index is 4.24. The van der Waals surface area contributed by atoms with E-state index in [1.807, 2.05) is 17.9 Å². The average molecular weight is 250 g/mol. The molecule has 4 heteroatoms. The van der Waals surface area contributed by atoms with E-state index in [0.29, 0.717) is 6.04 Å². The van der Waals surface area contributed by atoms with Gasteiger partial charge in [-0.3, -0.25) is 9.58 Å². The zero-order chi connectivity index (χ0) is 13.0. The van der Waals surface area contributed by atoms with E-state index in [1.165, 1.54) is 31.5 Å². The Kier molecular flexibility index (Phi) is 4.78. The summed E-state index contributed by atoms with van der Waals surface area (Å²) in [6.07, 6.45) is 6.78. The number of likely N-dealkylation sites (tertiary alicyclic amines) is 1. The lowest BCUT2D eigenvalue weighted by molar-refractivity contribution is 0.145. The quantitative estimate of drug-likeness (QED) is 0.862. The van der Waals surface area contributed by atoms with Crippen molar-refractivity contribution in [3.05, 3.63) is 18.0 Å². The fourth-order valence-corrected chi connectivity index (χ4v) is 2.94. The zero-order valence-corrected chi connectivity index (χ0v) is 11.9. The van der Waals surface area contributed by atoms with E-state index in [0.717, 1.165) is 19.0 Å². The lowest BCUT2D eigenvalue weighted by Gasteiger charge is -2.35. The number of rotatable bonds is 5. The van der Waals surface area contributed by atoms with Crippen LogP contribution >= 0.6 is 0 Å². The van der Waals surface area contributed by atoms with Gasteiger partial charge in [-0.15, -0.1) is 0 Å². The normalized spacial score (nSPS) is 23.2. The summed E-state index contributed by atoms with van der Waals surface area (Å²) >= 11 is 0. The predicted octanol–water partition coefficient (Wildman–Crippen LogP) is 1.63. The summed E-state index contributed by atoms with van der Waals surface area (Å²) in [6, 6.07) is 0.631. The molecule has 2 unspecified atom stereocenters. The molecule has 1 fully saturated rings. The summed E-state index contributed by atoms with van der Waals surface area (Å²) in [5, 5.41) is 7.80. The highest BCUT2D eigenvalue weighted by molar-refractivity contribution is 5.03. The Morgan fingerprint density at radius 1 is 1.56 bits per heavy atom. The third kappa shape index (κ3) is 3.56. The standard InChI is InChI=1S/C14H26N4/c1-4-15-12(2)14-6-5-7-18(11-14)10-13-8-16-17(3)9-13/h8-9,12,14-15H,4-7,10-11H2,1-3H3. The van der Waals surface area contributed by atoms with Gasteiger partial charge in [-0.25, -0.2) is 0 Å². The van der Waals surface area contributed by atoms with Gasteiger partial charge in [-0.05, 0) is 38.8 Å². The predicted molar refractivity (Wildman–Crippen MR) is 74.3 cm³/mol. The molecule has 0 saturated carbocycles. The molecule has 1 aliphatic rings. The van der Waals surface area contributed by atoms with Crippen LogP contribution in [-0.2, 0) is 13.6 Å².